The van der Waals surface area contributed by atoms with Crippen LogP contribution in [0.25, 0.3) is 10.6 Å². The Balaban J connectivity index is 1.48. The minimum Gasteiger partial charge on any atom is -0.298 e. The van der Waals surface area contributed by atoms with E-state index in [1.165, 1.54) is 23.1 Å². The van der Waals surface area contributed by atoms with Crippen LogP contribution in [0.4, 0.5) is 5.13 Å². The molecule has 1 N–H and O–H groups in total. The van der Waals surface area contributed by atoms with Gasteiger partial charge in [-0.15, -0.1) is 22.7 Å². The van der Waals surface area contributed by atoms with Crippen LogP contribution in [0.3, 0.4) is 0 Å². The number of carbonyl (C=O) groups excluding carboxylic acids is 1. The highest BCUT2D eigenvalue weighted by Crippen LogP contribution is 2.29. The number of thioether (sulfide) groups is 1. The van der Waals surface area contributed by atoms with Gasteiger partial charge in [0.2, 0.25) is 0 Å². The normalized spacial score (nSPS) is 10.8. The minimum atomic E-state index is -0.158. The van der Waals surface area contributed by atoms with Gasteiger partial charge in [0.25, 0.3) is 5.91 Å². The van der Waals surface area contributed by atoms with E-state index in [-0.39, 0.29) is 5.91 Å². The summed E-state index contributed by atoms with van der Waals surface area (Å²) in [6.45, 7) is 3.91. The quantitative estimate of drug-likeness (QED) is 0.303. The molecule has 0 unspecified atom stereocenters. The van der Waals surface area contributed by atoms with E-state index < -0.39 is 0 Å². The second kappa shape index (κ2) is 8.86. The molecule has 29 heavy (non-hydrogen) atoms. The first-order chi connectivity index (χ1) is 14.1. The largest absolute Gasteiger partial charge is 0.298 e. The summed E-state index contributed by atoms with van der Waals surface area (Å²) in [5.41, 5.74) is 4.34. The number of amides is 1. The first-order valence-corrected chi connectivity index (χ1v) is 11.7. The van der Waals surface area contributed by atoms with Crippen LogP contribution in [-0.4, -0.2) is 20.9 Å². The summed E-state index contributed by atoms with van der Waals surface area (Å²) in [5, 5.41) is 8.22. The van der Waals surface area contributed by atoms with E-state index in [0.29, 0.717) is 16.4 Å². The number of hydrogen-bond acceptors (Lipinski definition) is 7. The average Bonchev–Trinajstić information content (AvgIpc) is 3.37. The lowest BCUT2D eigenvalue weighted by atomic mass is 10.1. The fourth-order valence-corrected chi connectivity index (χ4v) is 5.22. The third kappa shape index (κ3) is 4.90. The number of benzene rings is 1. The summed E-state index contributed by atoms with van der Waals surface area (Å²) in [4.78, 5) is 27.4. The van der Waals surface area contributed by atoms with Gasteiger partial charge in [0, 0.05) is 28.1 Å². The monoisotopic (exact) mass is 438 g/mol. The first kappa shape index (κ1) is 19.8. The third-order valence-electron chi connectivity index (χ3n) is 4.08. The lowest BCUT2D eigenvalue weighted by molar-refractivity contribution is 0.102. The molecule has 1 aromatic carbocycles. The number of nitrogens with zero attached hydrogens (tertiary/aromatic N) is 3. The molecule has 0 aliphatic carbocycles. The van der Waals surface area contributed by atoms with Gasteiger partial charge in [0.1, 0.15) is 0 Å². The fraction of sp³-hybridized carbons (Fsp3) is 0.143. The maximum absolute atomic E-state index is 12.9. The molecule has 4 rings (SSSR count). The topological polar surface area (TPSA) is 67.8 Å². The molecular formula is C21H18N4OS3. The summed E-state index contributed by atoms with van der Waals surface area (Å²) < 4.78 is 0. The minimum absolute atomic E-state index is 0.158. The standard InChI is InChI=1S/C21H18N4OS3/c1-13-10-14(2)23-20(22-13)28-11-15-6-3-4-7-16(15)19(26)25-21-24-17(12-29-21)18-8-5-9-27-18/h3-10,12H,11H2,1-2H3,(H,24,25,26). The molecule has 0 aliphatic heterocycles. The number of thiazole rings is 1. The van der Waals surface area contributed by atoms with E-state index in [2.05, 4.69) is 20.3 Å². The van der Waals surface area contributed by atoms with E-state index in [1.54, 1.807) is 11.3 Å². The first-order valence-electron chi connectivity index (χ1n) is 8.92. The molecule has 8 heteroatoms. The molecule has 4 aromatic rings. The van der Waals surface area contributed by atoms with Crippen molar-refractivity contribution in [1.29, 1.82) is 0 Å². The third-order valence-corrected chi connectivity index (χ3v) is 6.63. The van der Waals surface area contributed by atoms with Crippen LogP contribution in [-0.2, 0) is 5.75 Å². The molecule has 3 heterocycles. The Hall–Kier alpha value is -2.55. The van der Waals surface area contributed by atoms with Crippen molar-refractivity contribution in [3.8, 4) is 10.6 Å². The van der Waals surface area contributed by atoms with Crippen LogP contribution in [0.2, 0.25) is 0 Å². The smallest absolute Gasteiger partial charge is 0.257 e. The number of aryl methyl sites for hydroxylation is 2. The zero-order chi connectivity index (χ0) is 20.2. The summed E-state index contributed by atoms with van der Waals surface area (Å²) in [6.07, 6.45) is 0. The van der Waals surface area contributed by atoms with Crippen molar-refractivity contribution in [2.75, 3.05) is 5.32 Å². The second-order valence-corrected chi connectivity index (χ2v) is 9.10. The summed E-state index contributed by atoms with van der Waals surface area (Å²) in [5.74, 6) is 0.458. The SMILES string of the molecule is Cc1cc(C)nc(SCc2ccccc2C(=O)Nc2nc(-c3cccs3)cs2)n1. The van der Waals surface area contributed by atoms with Crippen LogP contribution in [0.1, 0.15) is 27.3 Å². The van der Waals surface area contributed by atoms with Crippen LogP contribution in [0.5, 0.6) is 0 Å². The van der Waals surface area contributed by atoms with Gasteiger partial charge in [-0.2, -0.15) is 0 Å². The molecule has 3 aromatic heterocycles. The van der Waals surface area contributed by atoms with E-state index in [9.17, 15) is 4.79 Å². The molecular weight excluding hydrogens is 420 g/mol. The van der Waals surface area contributed by atoms with E-state index in [4.69, 9.17) is 0 Å². The van der Waals surface area contributed by atoms with Gasteiger partial charge in [0.05, 0.1) is 10.6 Å². The van der Waals surface area contributed by atoms with Gasteiger partial charge in [-0.1, -0.05) is 36.0 Å². The molecule has 0 spiro atoms. The molecule has 0 radical (unpaired) electrons. The lowest BCUT2D eigenvalue weighted by Gasteiger charge is -2.09. The molecule has 0 aliphatic rings. The molecule has 1 amide bonds. The Bertz CT molecular complexity index is 1120. The summed E-state index contributed by atoms with van der Waals surface area (Å²) in [7, 11) is 0. The van der Waals surface area contributed by atoms with E-state index in [1.807, 2.05) is 67.1 Å². The zero-order valence-electron chi connectivity index (χ0n) is 15.9. The molecule has 0 atom stereocenters. The predicted molar refractivity (Wildman–Crippen MR) is 121 cm³/mol. The zero-order valence-corrected chi connectivity index (χ0v) is 18.3. The van der Waals surface area contributed by atoms with Gasteiger partial charge < -0.3 is 0 Å². The maximum atomic E-state index is 12.9. The number of aromatic nitrogens is 3. The number of hydrogen-bond donors (Lipinski definition) is 1. The molecule has 146 valence electrons. The highest BCUT2D eigenvalue weighted by molar-refractivity contribution is 7.98. The van der Waals surface area contributed by atoms with Crippen LogP contribution >= 0.6 is 34.4 Å². The molecule has 5 nitrogen and oxygen atoms in total. The fourth-order valence-electron chi connectivity index (χ4n) is 2.80. The van der Waals surface area contributed by atoms with Crippen LogP contribution < -0.4 is 5.32 Å². The maximum Gasteiger partial charge on any atom is 0.257 e. The van der Waals surface area contributed by atoms with Crippen molar-refractivity contribution in [3.05, 3.63) is 75.7 Å². The second-order valence-electron chi connectivity index (χ2n) is 6.35. The molecule has 0 saturated carbocycles. The highest BCUT2D eigenvalue weighted by atomic mass is 32.2. The van der Waals surface area contributed by atoms with Crippen molar-refractivity contribution < 1.29 is 4.79 Å². The van der Waals surface area contributed by atoms with E-state index >= 15 is 0 Å². The number of rotatable bonds is 6. The number of carbonyl (C=O) groups is 1. The Labute approximate surface area is 181 Å². The van der Waals surface area contributed by atoms with Crippen LogP contribution in [0, 0.1) is 13.8 Å². The van der Waals surface area contributed by atoms with Gasteiger partial charge in [-0.05, 0) is 43.0 Å². The van der Waals surface area contributed by atoms with Crippen molar-refractivity contribution >= 4 is 45.5 Å². The predicted octanol–water partition coefficient (Wildman–Crippen LogP) is 5.82. The van der Waals surface area contributed by atoms with Gasteiger partial charge in [0.15, 0.2) is 10.3 Å². The van der Waals surface area contributed by atoms with Gasteiger partial charge in [-0.3, -0.25) is 10.1 Å². The molecule has 0 fully saturated rings. The van der Waals surface area contributed by atoms with Crippen molar-refractivity contribution in [2.45, 2.75) is 24.8 Å². The Kier molecular flexibility index (Phi) is 6.03. The molecule has 0 saturated heterocycles. The van der Waals surface area contributed by atoms with Gasteiger partial charge >= 0.3 is 0 Å². The molecule has 0 bridgehead atoms. The Morgan fingerprint density at radius 2 is 1.83 bits per heavy atom. The summed E-state index contributed by atoms with van der Waals surface area (Å²) in [6, 6.07) is 13.6. The van der Waals surface area contributed by atoms with Gasteiger partial charge in [-0.25, -0.2) is 15.0 Å². The van der Waals surface area contributed by atoms with E-state index in [0.717, 1.165) is 32.7 Å². The number of nitrogens with one attached hydrogen (secondary N) is 1. The highest BCUT2D eigenvalue weighted by Gasteiger charge is 2.14. The van der Waals surface area contributed by atoms with Crippen LogP contribution in [0.15, 0.2) is 58.4 Å². The Morgan fingerprint density at radius 1 is 1.03 bits per heavy atom. The number of thiophene rings is 1. The Morgan fingerprint density at radius 3 is 2.59 bits per heavy atom. The average molecular weight is 439 g/mol. The summed E-state index contributed by atoms with van der Waals surface area (Å²) >= 11 is 4.59. The van der Waals surface area contributed by atoms with Crippen molar-refractivity contribution in [1.82, 2.24) is 15.0 Å². The number of anilines is 1. The van der Waals surface area contributed by atoms with Crippen molar-refractivity contribution in [2.24, 2.45) is 0 Å². The van der Waals surface area contributed by atoms with Crippen molar-refractivity contribution in [3.63, 3.8) is 0 Å². The lowest BCUT2D eigenvalue weighted by Crippen LogP contribution is -2.13.